The summed E-state index contributed by atoms with van der Waals surface area (Å²) >= 11 is 0. The minimum atomic E-state index is -0.181. The lowest BCUT2D eigenvalue weighted by Gasteiger charge is -2.33. The number of benzene rings is 1. The number of nitrogens with one attached hydrogen (secondary N) is 1. The van der Waals surface area contributed by atoms with Crippen LogP contribution in [-0.2, 0) is 11.3 Å². The van der Waals surface area contributed by atoms with Crippen molar-refractivity contribution in [3.63, 3.8) is 0 Å². The van der Waals surface area contributed by atoms with Gasteiger partial charge in [0.1, 0.15) is 5.82 Å². The first-order chi connectivity index (χ1) is 13.5. The quantitative estimate of drug-likeness (QED) is 0.777. The van der Waals surface area contributed by atoms with Crippen LogP contribution in [-0.4, -0.2) is 54.0 Å². The zero-order valence-electron chi connectivity index (χ0n) is 16.3. The highest BCUT2D eigenvalue weighted by atomic mass is 19.1. The lowest BCUT2D eigenvalue weighted by atomic mass is 10.0. The molecule has 0 saturated carbocycles. The molecule has 1 atom stereocenters. The molecule has 28 heavy (non-hydrogen) atoms. The van der Waals surface area contributed by atoms with E-state index >= 15 is 0 Å². The highest BCUT2D eigenvalue weighted by molar-refractivity contribution is 5.91. The Morgan fingerprint density at radius 1 is 1.32 bits per heavy atom. The van der Waals surface area contributed by atoms with Crippen molar-refractivity contribution in [1.29, 1.82) is 0 Å². The molecule has 1 N–H and O–H groups in total. The molecule has 6 nitrogen and oxygen atoms in total. The normalized spacial score (nSPS) is 17.6. The van der Waals surface area contributed by atoms with Gasteiger partial charge in [-0.2, -0.15) is 0 Å². The van der Waals surface area contributed by atoms with Crippen LogP contribution in [0.2, 0.25) is 0 Å². The van der Waals surface area contributed by atoms with Gasteiger partial charge in [-0.15, -0.1) is 0 Å². The molecule has 148 valence electrons. The molecule has 0 aliphatic carbocycles. The Labute approximate surface area is 165 Å². The molecule has 1 amide bonds. The molecule has 1 aromatic carbocycles. The molecule has 0 spiro atoms. The van der Waals surface area contributed by atoms with Gasteiger partial charge in [0.25, 0.3) is 0 Å². The molecule has 0 bridgehead atoms. The fourth-order valence-electron chi connectivity index (χ4n) is 3.25. The highest BCUT2D eigenvalue weighted by Crippen LogP contribution is 2.16. The van der Waals surface area contributed by atoms with Gasteiger partial charge in [-0.05, 0) is 31.5 Å². The van der Waals surface area contributed by atoms with Gasteiger partial charge in [0.2, 0.25) is 11.9 Å². The number of hydrogen-bond acceptors (Lipinski definition) is 5. The predicted octanol–water partition coefficient (Wildman–Crippen LogP) is 2.48. The average Bonchev–Trinajstić information content (AvgIpc) is 2.69. The second-order valence-corrected chi connectivity index (χ2v) is 7.22. The van der Waals surface area contributed by atoms with Crippen LogP contribution < -0.4 is 10.2 Å². The second-order valence-electron chi connectivity index (χ2n) is 7.22. The molecule has 7 heteroatoms. The number of piperidine rings is 1. The molecular formula is C21H26FN5O. The number of anilines is 1. The van der Waals surface area contributed by atoms with Crippen molar-refractivity contribution < 1.29 is 9.18 Å². The second kappa shape index (κ2) is 9.41. The van der Waals surface area contributed by atoms with Gasteiger partial charge < -0.3 is 10.2 Å². The van der Waals surface area contributed by atoms with Crippen molar-refractivity contribution in [3.8, 4) is 0 Å². The van der Waals surface area contributed by atoms with Crippen molar-refractivity contribution in [2.75, 3.05) is 32.1 Å². The number of hydrogen-bond donors (Lipinski definition) is 1. The molecular weight excluding hydrogens is 357 g/mol. The molecule has 0 radical (unpaired) electrons. The van der Waals surface area contributed by atoms with E-state index in [4.69, 9.17) is 0 Å². The van der Waals surface area contributed by atoms with E-state index in [1.165, 1.54) is 12.1 Å². The van der Waals surface area contributed by atoms with Crippen LogP contribution in [0.15, 0.2) is 42.7 Å². The number of rotatable bonds is 6. The van der Waals surface area contributed by atoms with Gasteiger partial charge in [-0.25, -0.2) is 14.4 Å². The van der Waals surface area contributed by atoms with Crippen LogP contribution in [0.1, 0.15) is 24.0 Å². The minimum Gasteiger partial charge on any atom is -0.349 e. The maximum atomic E-state index is 13.9. The van der Waals surface area contributed by atoms with Gasteiger partial charge in [0.05, 0.1) is 0 Å². The van der Waals surface area contributed by atoms with Crippen LogP contribution in [0.25, 0.3) is 6.08 Å². The molecule has 1 saturated heterocycles. The summed E-state index contributed by atoms with van der Waals surface area (Å²) in [6.45, 7) is 2.19. The van der Waals surface area contributed by atoms with Crippen molar-refractivity contribution in [3.05, 3.63) is 59.7 Å². The number of likely N-dealkylation sites (tertiary alicyclic amines) is 1. The maximum absolute atomic E-state index is 13.9. The van der Waals surface area contributed by atoms with E-state index in [-0.39, 0.29) is 17.8 Å². The Morgan fingerprint density at radius 2 is 2.07 bits per heavy atom. The zero-order chi connectivity index (χ0) is 19.9. The van der Waals surface area contributed by atoms with Crippen LogP contribution in [0.3, 0.4) is 0 Å². The average molecular weight is 383 g/mol. The third-order valence-electron chi connectivity index (χ3n) is 4.69. The largest absolute Gasteiger partial charge is 0.349 e. The van der Waals surface area contributed by atoms with Gasteiger partial charge in [0.15, 0.2) is 0 Å². The first kappa shape index (κ1) is 19.9. The summed E-state index contributed by atoms with van der Waals surface area (Å²) in [5.41, 5.74) is 1.46. The minimum absolute atomic E-state index is 0.0602. The fourth-order valence-corrected chi connectivity index (χ4v) is 3.25. The Morgan fingerprint density at radius 3 is 2.79 bits per heavy atom. The van der Waals surface area contributed by atoms with Crippen LogP contribution in [0.5, 0.6) is 0 Å². The van der Waals surface area contributed by atoms with Crippen LogP contribution in [0, 0.1) is 5.82 Å². The van der Waals surface area contributed by atoms with Crippen molar-refractivity contribution in [2.24, 2.45) is 0 Å². The Bertz CT molecular complexity index is 822. The summed E-state index contributed by atoms with van der Waals surface area (Å²) in [7, 11) is 3.75. The standard InChI is InChI=1S/C21H26FN5O/c1-26(2)21-23-12-16(13-24-21)9-10-20(28)25-18-7-5-11-27(15-18)14-17-6-3-4-8-19(17)22/h3-4,6,8-10,12-13,18H,5,7,11,14-15H2,1-2H3,(H,25,28)/b10-9+. The number of amides is 1. The van der Waals surface area contributed by atoms with Gasteiger partial charge >= 0.3 is 0 Å². The number of aromatic nitrogens is 2. The van der Waals surface area contributed by atoms with Crippen molar-refractivity contribution in [2.45, 2.75) is 25.4 Å². The molecule has 3 rings (SSSR count). The van der Waals surface area contributed by atoms with Crippen LogP contribution in [0.4, 0.5) is 10.3 Å². The smallest absolute Gasteiger partial charge is 0.244 e. The Hall–Kier alpha value is -2.80. The van der Waals surface area contributed by atoms with E-state index in [1.54, 1.807) is 24.5 Å². The molecule has 1 aliphatic rings. The number of nitrogens with zero attached hydrogens (tertiary/aromatic N) is 4. The summed E-state index contributed by atoms with van der Waals surface area (Å²) < 4.78 is 13.9. The van der Waals surface area contributed by atoms with Crippen LogP contribution >= 0.6 is 0 Å². The van der Waals surface area contributed by atoms with E-state index in [9.17, 15) is 9.18 Å². The van der Waals surface area contributed by atoms with E-state index in [2.05, 4.69) is 20.2 Å². The Kier molecular flexibility index (Phi) is 6.71. The molecule has 1 fully saturated rings. The first-order valence-corrected chi connectivity index (χ1v) is 9.45. The zero-order valence-corrected chi connectivity index (χ0v) is 16.3. The summed E-state index contributed by atoms with van der Waals surface area (Å²) in [5, 5.41) is 3.04. The van der Waals surface area contributed by atoms with Gasteiger partial charge in [0, 0.05) is 62.8 Å². The Balaban J connectivity index is 1.51. The first-order valence-electron chi connectivity index (χ1n) is 9.45. The molecule has 1 aliphatic heterocycles. The third-order valence-corrected chi connectivity index (χ3v) is 4.69. The van der Waals surface area contributed by atoms with Crippen molar-refractivity contribution >= 4 is 17.9 Å². The summed E-state index contributed by atoms with van der Waals surface area (Å²) in [4.78, 5) is 24.7. The summed E-state index contributed by atoms with van der Waals surface area (Å²) in [5.74, 6) is 0.298. The van der Waals surface area contributed by atoms with Gasteiger partial charge in [-0.3, -0.25) is 9.69 Å². The lowest BCUT2D eigenvalue weighted by molar-refractivity contribution is -0.117. The highest BCUT2D eigenvalue weighted by Gasteiger charge is 2.21. The third kappa shape index (κ3) is 5.60. The number of halogens is 1. The summed E-state index contributed by atoms with van der Waals surface area (Å²) in [6, 6.07) is 6.90. The predicted molar refractivity (Wildman–Crippen MR) is 108 cm³/mol. The topological polar surface area (TPSA) is 61.4 Å². The van der Waals surface area contributed by atoms with E-state index in [1.807, 2.05) is 31.1 Å². The number of carbonyl (C=O) groups is 1. The fraction of sp³-hybridized carbons (Fsp3) is 0.381. The molecule has 2 aromatic rings. The molecule has 1 unspecified atom stereocenters. The maximum Gasteiger partial charge on any atom is 0.244 e. The van der Waals surface area contributed by atoms with E-state index in [0.29, 0.717) is 24.6 Å². The SMILES string of the molecule is CN(C)c1ncc(/C=C/C(=O)NC2CCCN(Cc3ccccc3F)C2)cn1. The monoisotopic (exact) mass is 383 g/mol. The van der Waals surface area contributed by atoms with E-state index in [0.717, 1.165) is 24.9 Å². The summed E-state index contributed by atoms with van der Waals surface area (Å²) in [6.07, 6.45) is 8.47. The van der Waals surface area contributed by atoms with Gasteiger partial charge in [-0.1, -0.05) is 18.2 Å². The molecule has 2 heterocycles. The lowest BCUT2D eigenvalue weighted by Crippen LogP contribution is -2.47. The van der Waals surface area contributed by atoms with Crippen molar-refractivity contribution in [1.82, 2.24) is 20.2 Å². The number of carbonyl (C=O) groups excluding carboxylic acids is 1. The van der Waals surface area contributed by atoms with E-state index < -0.39 is 0 Å². The molecule has 1 aromatic heterocycles.